The summed E-state index contributed by atoms with van der Waals surface area (Å²) >= 11 is 0. The number of H-pyrrole nitrogens is 1. The van der Waals surface area contributed by atoms with Gasteiger partial charge in [-0.25, -0.2) is 0 Å². The van der Waals surface area contributed by atoms with Crippen molar-refractivity contribution in [3.8, 4) is 0 Å². The van der Waals surface area contributed by atoms with Crippen LogP contribution in [0.15, 0.2) is 12.3 Å². The van der Waals surface area contributed by atoms with Crippen molar-refractivity contribution in [3.63, 3.8) is 0 Å². The summed E-state index contributed by atoms with van der Waals surface area (Å²) in [6.07, 6.45) is 5.89. The molecule has 0 aromatic carbocycles. The molecule has 2 heterocycles. The molecule has 0 spiro atoms. The predicted octanol–water partition coefficient (Wildman–Crippen LogP) is 1.07. The van der Waals surface area contributed by atoms with Crippen molar-refractivity contribution in [1.29, 1.82) is 0 Å². The Morgan fingerprint density at radius 2 is 2.57 bits per heavy atom. The molecule has 0 aliphatic carbocycles. The summed E-state index contributed by atoms with van der Waals surface area (Å²) < 4.78 is 5.61. The van der Waals surface area contributed by atoms with E-state index in [0.717, 1.165) is 25.4 Å². The molecule has 1 aromatic rings. The van der Waals surface area contributed by atoms with Crippen molar-refractivity contribution in [2.45, 2.75) is 31.9 Å². The van der Waals surface area contributed by atoms with Crippen LogP contribution in [0, 0.1) is 0 Å². The Labute approximate surface area is 84.0 Å². The third-order valence-electron chi connectivity index (χ3n) is 2.52. The van der Waals surface area contributed by atoms with E-state index in [-0.39, 0.29) is 0 Å². The van der Waals surface area contributed by atoms with Gasteiger partial charge in [0.05, 0.1) is 6.10 Å². The second-order valence-corrected chi connectivity index (χ2v) is 3.70. The van der Waals surface area contributed by atoms with Gasteiger partial charge in [-0.1, -0.05) is 0 Å². The molecule has 4 heteroatoms. The van der Waals surface area contributed by atoms with Crippen LogP contribution in [0.25, 0.3) is 0 Å². The number of nitrogens with zero attached hydrogens (tertiary/aromatic N) is 1. The maximum absolute atomic E-state index is 5.61. The number of nitrogens with one attached hydrogen (secondary N) is 2. The topological polar surface area (TPSA) is 49.9 Å². The van der Waals surface area contributed by atoms with E-state index in [1.54, 1.807) is 6.20 Å². The third-order valence-corrected chi connectivity index (χ3v) is 2.52. The number of aromatic amines is 1. The smallest absolute Gasteiger partial charge is 0.0699 e. The second-order valence-electron chi connectivity index (χ2n) is 3.70. The average molecular weight is 195 g/mol. The van der Waals surface area contributed by atoms with Gasteiger partial charge in [-0.2, -0.15) is 5.10 Å². The first-order valence-corrected chi connectivity index (χ1v) is 5.26. The zero-order valence-corrected chi connectivity index (χ0v) is 8.33. The Kier molecular flexibility index (Phi) is 3.54. The minimum absolute atomic E-state index is 0.409. The van der Waals surface area contributed by atoms with Gasteiger partial charge in [0.25, 0.3) is 0 Å². The van der Waals surface area contributed by atoms with Crippen LogP contribution >= 0.6 is 0 Å². The maximum atomic E-state index is 5.61. The fourth-order valence-electron chi connectivity index (χ4n) is 1.72. The Hall–Kier alpha value is -0.870. The van der Waals surface area contributed by atoms with Crippen molar-refractivity contribution in [3.05, 3.63) is 18.0 Å². The van der Waals surface area contributed by atoms with Gasteiger partial charge in [-0.15, -0.1) is 0 Å². The minimum Gasteiger partial charge on any atom is -0.377 e. The summed E-state index contributed by atoms with van der Waals surface area (Å²) in [4.78, 5) is 0. The molecule has 0 radical (unpaired) electrons. The Bertz CT molecular complexity index is 242. The third kappa shape index (κ3) is 2.82. The standard InChI is InChI=1S/C10H17N3O/c1-2-6-14-10(3-1)8-11-7-9-4-5-12-13-9/h4-5,10-11H,1-3,6-8H2,(H,12,13). The number of hydrogen-bond donors (Lipinski definition) is 2. The first kappa shape index (κ1) is 9.68. The van der Waals surface area contributed by atoms with Gasteiger partial charge in [-0.3, -0.25) is 5.10 Å². The molecule has 0 saturated carbocycles. The van der Waals surface area contributed by atoms with Crippen LogP contribution < -0.4 is 5.32 Å². The molecule has 14 heavy (non-hydrogen) atoms. The molecule has 1 aliphatic rings. The van der Waals surface area contributed by atoms with Gasteiger partial charge in [0.2, 0.25) is 0 Å². The van der Waals surface area contributed by atoms with Gasteiger partial charge < -0.3 is 10.1 Å². The van der Waals surface area contributed by atoms with Crippen LogP contribution in [-0.4, -0.2) is 29.5 Å². The van der Waals surface area contributed by atoms with E-state index < -0.39 is 0 Å². The first-order chi connectivity index (χ1) is 6.95. The lowest BCUT2D eigenvalue weighted by molar-refractivity contribution is 0.0167. The molecule has 1 fully saturated rings. The Morgan fingerprint density at radius 1 is 1.57 bits per heavy atom. The molecule has 1 aromatic heterocycles. The monoisotopic (exact) mass is 195 g/mol. The van der Waals surface area contributed by atoms with Crippen molar-refractivity contribution >= 4 is 0 Å². The highest BCUT2D eigenvalue weighted by Gasteiger charge is 2.12. The van der Waals surface area contributed by atoms with E-state index >= 15 is 0 Å². The molecule has 0 amide bonds. The van der Waals surface area contributed by atoms with E-state index in [1.807, 2.05) is 6.07 Å². The largest absolute Gasteiger partial charge is 0.377 e. The van der Waals surface area contributed by atoms with Crippen molar-refractivity contribution in [1.82, 2.24) is 15.5 Å². The lowest BCUT2D eigenvalue weighted by Crippen LogP contribution is -2.31. The zero-order chi connectivity index (χ0) is 9.64. The molecule has 0 bridgehead atoms. The first-order valence-electron chi connectivity index (χ1n) is 5.26. The van der Waals surface area contributed by atoms with Crippen LogP contribution in [0.5, 0.6) is 0 Å². The predicted molar refractivity (Wildman–Crippen MR) is 53.9 cm³/mol. The van der Waals surface area contributed by atoms with Gasteiger partial charge >= 0.3 is 0 Å². The summed E-state index contributed by atoms with van der Waals surface area (Å²) in [5.74, 6) is 0. The molecule has 4 nitrogen and oxygen atoms in total. The maximum Gasteiger partial charge on any atom is 0.0699 e. The van der Waals surface area contributed by atoms with Crippen LogP contribution in [0.2, 0.25) is 0 Å². The highest BCUT2D eigenvalue weighted by Crippen LogP contribution is 2.11. The summed E-state index contributed by atoms with van der Waals surface area (Å²) in [7, 11) is 0. The molecule has 78 valence electrons. The van der Waals surface area contributed by atoms with E-state index in [4.69, 9.17) is 4.74 Å². The van der Waals surface area contributed by atoms with Crippen LogP contribution in [-0.2, 0) is 11.3 Å². The molecule has 1 atom stereocenters. The van der Waals surface area contributed by atoms with Crippen LogP contribution in [0.3, 0.4) is 0 Å². The summed E-state index contributed by atoms with van der Waals surface area (Å²) in [5.41, 5.74) is 1.13. The minimum atomic E-state index is 0.409. The highest BCUT2D eigenvalue weighted by atomic mass is 16.5. The van der Waals surface area contributed by atoms with E-state index in [0.29, 0.717) is 6.10 Å². The van der Waals surface area contributed by atoms with Crippen LogP contribution in [0.1, 0.15) is 25.0 Å². The quantitative estimate of drug-likeness (QED) is 0.755. The average Bonchev–Trinajstić information content (AvgIpc) is 2.72. The fraction of sp³-hybridized carbons (Fsp3) is 0.700. The van der Waals surface area contributed by atoms with Gasteiger partial charge in [0, 0.05) is 31.6 Å². The number of rotatable bonds is 4. The fourth-order valence-corrected chi connectivity index (χ4v) is 1.72. The lowest BCUT2D eigenvalue weighted by Gasteiger charge is -2.22. The number of ether oxygens (including phenoxy) is 1. The lowest BCUT2D eigenvalue weighted by atomic mass is 10.1. The molecule has 1 saturated heterocycles. The van der Waals surface area contributed by atoms with Crippen molar-refractivity contribution in [2.24, 2.45) is 0 Å². The molecule has 1 unspecified atom stereocenters. The second kappa shape index (κ2) is 5.12. The highest BCUT2D eigenvalue weighted by molar-refractivity contribution is 4.96. The summed E-state index contributed by atoms with van der Waals surface area (Å²) in [5, 5.41) is 10.2. The van der Waals surface area contributed by atoms with Gasteiger partial charge in [-0.05, 0) is 25.3 Å². The van der Waals surface area contributed by atoms with E-state index in [1.165, 1.54) is 19.3 Å². The molecular formula is C10H17N3O. The summed E-state index contributed by atoms with van der Waals surface area (Å²) in [6, 6.07) is 1.98. The summed E-state index contributed by atoms with van der Waals surface area (Å²) in [6.45, 7) is 2.72. The van der Waals surface area contributed by atoms with Gasteiger partial charge in [0.1, 0.15) is 0 Å². The molecule has 2 rings (SSSR count). The number of aromatic nitrogens is 2. The molecule has 1 aliphatic heterocycles. The van der Waals surface area contributed by atoms with Crippen molar-refractivity contribution < 1.29 is 4.74 Å². The Morgan fingerprint density at radius 3 is 3.29 bits per heavy atom. The SMILES string of the molecule is c1cc(CNCC2CCCCO2)[nH]n1. The Balaban J connectivity index is 1.62. The zero-order valence-electron chi connectivity index (χ0n) is 8.33. The number of hydrogen-bond acceptors (Lipinski definition) is 3. The van der Waals surface area contributed by atoms with Crippen LogP contribution in [0.4, 0.5) is 0 Å². The normalized spacial score (nSPS) is 22.4. The van der Waals surface area contributed by atoms with Crippen molar-refractivity contribution in [2.75, 3.05) is 13.2 Å². The molecular weight excluding hydrogens is 178 g/mol. The van der Waals surface area contributed by atoms with Gasteiger partial charge in [0.15, 0.2) is 0 Å². The molecule has 2 N–H and O–H groups in total. The van der Waals surface area contributed by atoms with E-state index in [2.05, 4.69) is 15.5 Å². The van der Waals surface area contributed by atoms with E-state index in [9.17, 15) is 0 Å².